The van der Waals surface area contributed by atoms with Gasteiger partial charge in [0.2, 0.25) is 11.7 Å². The second-order valence-electron chi connectivity index (χ2n) is 5.98. The number of fused-ring (bicyclic) bond motifs is 1. The zero-order valence-electron chi connectivity index (χ0n) is 14.3. The number of hydrogen-bond acceptors (Lipinski definition) is 6. The number of amides is 1. The van der Waals surface area contributed by atoms with Crippen molar-refractivity contribution >= 4 is 16.9 Å². The summed E-state index contributed by atoms with van der Waals surface area (Å²) in [5, 5.41) is 14.8. The molecule has 2 heterocycles. The van der Waals surface area contributed by atoms with E-state index >= 15 is 0 Å². The smallest absolute Gasteiger partial charge is 0.251 e. The van der Waals surface area contributed by atoms with E-state index < -0.39 is 0 Å². The lowest BCUT2D eigenvalue weighted by atomic mass is 10.1. The van der Waals surface area contributed by atoms with E-state index in [2.05, 4.69) is 25.8 Å². The van der Waals surface area contributed by atoms with Gasteiger partial charge in [0, 0.05) is 18.2 Å². The largest absolute Gasteiger partial charge is 0.343 e. The number of hydrogen-bond donors (Lipinski definition) is 1. The second-order valence-corrected chi connectivity index (χ2v) is 5.98. The fourth-order valence-corrected chi connectivity index (χ4v) is 2.59. The molecule has 0 spiro atoms. The molecule has 4 rings (SSSR count). The lowest BCUT2D eigenvalue weighted by molar-refractivity contribution is 0.0946. The van der Waals surface area contributed by atoms with Crippen LogP contribution in [-0.2, 0) is 13.6 Å². The predicted molar refractivity (Wildman–Crippen MR) is 94.2 cm³/mol. The summed E-state index contributed by atoms with van der Waals surface area (Å²) in [6.07, 6.45) is 0. The molecule has 2 aromatic heterocycles. The van der Waals surface area contributed by atoms with Gasteiger partial charge in [-0.2, -0.15) is 4.98 Å². The molecule has 0 aliphatic carbocycles. The van der Waals surface area contributed by atoms with Gasteiger partial charge in [-0.25, -0.2) is 4.68 Å². The third-order valence-electron chi connectivity index (χ3n) is 4.05. The molecule has 0 atom stereocenters. The highest BCUT2D eigenvalue weighted by Crippen LogP contribution is 2.20. The van der Waals surface area contributed by atoms with Crippen molar-refractivity contribution in [3.8, 4) is 11.4 Å². The van der Waals surface area contributed by atoms with Gasteiger partial charge in [0.05, 0.1) is 12.1 Å². The topological polar surface area (TPSA) is 98.7 Å². The van der Waals surface area contributed by atoms with E-state index in [1.165, 1.54) is 0 Å². The molecule has 130 valence electrons. The predicted octanol–water partition coefficient (Wildman–Crippen LogP) is 2.26. The highest BCUT2D eigenvalue weighted by Gasteiger charge is 2.12. The van der Waals surface area contributed by atoms with Crippen LogP contribution in [0.15, 0.2) is 47.0 Å². The van der Waals surface area contributed by atoms with E-state index in [0.29, 0.717) is 17.3 Å². The van der Waals surface area contributed by atoms with Crippen LogP contribution in [-0.4, -0.2) is 31.0 Å². The number of nitrogens with zero attached hydrogens (tertiary/aromatic N) is 5. The first-order valence-corrected chi connectivity index (χ1v) is 8.07. The van der Waals surface area contributed by atoms with Gasteiger partial charge in [-0.1, -0.05) is 28.1 Å². The summed E-state index contributed by atoms with van der Waals surface area (Å²) in [6.45, 7) is 2.13. The van der Waals surface area contributed by atoms with Gasteiger partial charge in [0.25, 0.3) is 5.91 Å². The first-order chi connectivity index (χ1) is 12.6. The van der Waals surface area contributed by atoms with Crippen LogP contribution in [0.2, 0.25) is 0 Å². The van der Waals surface area contributed by atoms with Crippen LogP contribution in [0.4, 0.5) is 0 Å². The fourth-order valence-electron chi connectivity index (χ4n) is 2.59. The molecule has 0 radical (unpaired) electrons. The van der Waals surface area contributed by atoms with E-state index in [4.69, 9.17) is 4.52 Å². The van der Waals surface area contributed by atoms with Crippen LogP contribution < -0.4 is 5.32 Å². The first kappa shape index (κ1) is 15.9. The van der Waals surface area contributed by atoms with Crippen molar-refractivity contribution in [2.45, 2.75) is 13.5 Å². The standard InChI is InChI=1S/C18H16N6O2/c1-11-3-5-12(6-4-11)18(25)19-10-16-20-17(22-26-16)13-7-8-15-14(9-13)21-23-24(15)2/h3-9H,10H2,1-2H3,(H,19,25). The molecule has 0 saturated carbocycles. The average molecular weight is 348 g/mol. The molecule has 1 N–H and O–H groups in total. The molecule has 4 aromatic rings. The van der Waals surface area contributed by atoms with Crippen molar-refractivity contribution in [1.82, 2.24) is 30.5 Å². The van der Waals surface area contributed by atoms with E-state index in [-0.39, 0.29) is 12.5 Å². The number of aryl methyl sites for hydroxylation is 2. The minimum absolute atomic E-state index is 0.160. The monoisotopic (exact) mass is 348 g/mol. The van der Waals surface area contributed by atoms with Crippen molar-refractivity contribution in [2.75, 3.05) is 0 Å². The molecule has 26 heavy (non-hydrogen) atoms. The quantitative estimate of drug-likeness (QED) is 0.607. The molecular formula is C18H16N6O2. The van der Waals surface area contributed by atoms with E-state index in [9.17, 15) is 4.79 Å². The second kappa shape index (κ2) is 6.40. The fraction of sp³-hybridized carbons (Fsp3) is 0.167. The Balaban J connectivity index is 1.47. The maximum Gasteiger partial charge on any atom is 0.251 e. The van der Waals surface area contributed by atoms with Crippen LogP contribution in [0, 0.1) is 6.92 Å². The van der Waals surface area contributed by atoms with Crippen molar-refractivity contribution < 1.29 is 9.32 Å². The Labute approximate surface area is 148 Å². The maximum absolute atomic E-state index is 12.1. The van der Waals surface area contributed by atoms with Gasteiger partial charge in [0.1, 0.15) is 5.52 Å². The van der Waals surface area contributed by atoms with Crippen LogP contribution in [0.25, 0.3) is 22.4 Å². The number of benzene rings is 2. The molecule has 8 nitrogen and oxygen atoms in total. The van der Waals surface area contributed by atoms with Gasteiger partial charge in [-0.05, 0) is 37.3 Å². The summed E-state index contributed by atoms with van der Waals surface area (Å²) in [5.41, 5.74) is 4.14. The molecule has 0 saturated heterocycles. The SMILES string of the molecule is Cc1ccc(C(=O)NCc2nc(-c3ccc4c(c3)nnn4C)no2)cc1. The van der Waals surface area contributed by atoms with Gasteiger partial charge in [-0.3, -0.25) is 4.79 Å². The van der Waals surface area contributed by atoms with Crippen LogP contribution >= 0.6 is 0 Å². The zero-order valence-corrected chi connectivity index (χ0v) is 14.3. The zero-order chi connectivity index (χ0) is 18.1. The van der Waals surface area contributed by atoms with Crippen LogP contribution in [0.5, 0.6) is 0 Å². The van der Waals surface area contributed by atoms with Crippen molar-refractivity contribution in [2.24, 2.45) is 7.05 Å². The summed E-state index contributed by atoms with van der Waals surface area (Å²) in [7, 11) is 1.83. The highest BCUT2D eigenvalue weighted by atomic mass is 16.5. The molecule has 0 bridgehead atoms. The minimum Gasteiger partial charge on any atom is -0.343 e. The summed E-state index contributed by atoms with van der Waals surface area (Å²) < 4.78 is 6.92. The first-order valence-electron chi connectivity index (χ1n) is 8.07. The van der Waals surface area contributed by atoms with E-state index in [1.54, 1.807) is 16.8 Å². The van der Waals surface area contributed by atoms with Crippen LogP contribution in [0.1, 0.15) is 21.8 Å². The average Bonchev–Trinajstić information content (AvgIpc) is 3.27. The Hall–Kier alpha value is -3.55. The summed E-state index contributed by atoms with van der Waals surface area (Å²) >= 11 is 0. The number of carbonyl (C=O) groups is 1. The molecule has 0 unspecified atom stereocenters. The number of carbonyl (C=O) groups excluding carboxylic acids is 1. The third kappa shape index (κ3) is 3.04. The Morgan fingerprint density at radius 3 is 2.81 bits per heavy atom. The molecule has 8 heteroatoms. The Bertz CT molecular complexity index is 1080. The Morgan fingerprint density at radius 1 is 1.19 bits per heavy atom. The molecule has 0 aliphatic rings. The van der Waals surface area contributed by atoms with Gasteiger partial charge < -0.3 is 9.84 Å². The molecular weight excluding hydrogens is 332 g/mol. The normalized spacial score (nSPS) is 11.0. The van der Waals surface area contributed by atoms with Crippen LogP contribution in [0.3, 0.4) is 0 Å². The summed E-state index contributed by atoms with van der Waals surface area (Å²) in [4.78, 5) is 16.5. The van der Waals surface area contributed by atoms with E-state index in [1.807, 2.05) is 44.3 Å². The third-order valence-corrected chi connectivity index (χ3v) is 4.05. The van der Waals surface area contributed by atoms with Gasteiger partial charge >= 0.3 is 0 Å². The van der Waals surface area contributed by atoms with Crippen molar-refractivity contribution in [1.29, 1.82) is 0 Å². The van der Waals surface area contributed by atoms with Crippen molar-refractivity contribution in [3.63, 3.8) is 0 Å². The summed E-state index contributed by atoms with van der Waals surface area (Å²) in [6, 6.07) is 13.0. The Morgan fingerprint density at radius 2 is 2.00 bits per heavy atom. The lowest BCUT2D eigenvalue weighted by Gasteiger charge is -2.02. The Kier molecular flexibility index (Phi) is 3.92. The lowest BCUT2D eigenvalue weighted by Crippen LogP contribution is -2.22. The van der Waals surface area contributed by atoms with Gasteiger partial charge in [0.15, 0.2) is 0 Å². The number of rotatable bonds is 4. The molecule has 0 aliphatic heterocycles. The van der Waals surface area contributed by atoms with Gasteiger partial charge in [-0.15, -0.1) is 5.10 Å². The number of aromatic nitrogens is 5. The van der Waals surface area contributed by atoms with E-state index in [0.717, 1.165) is 22.2 Å². The highest BCUT2D eigenvalue weighted by molar-refractivity contribution is 5.94. The minimum atomic E-state index is -0.189. The number of nitrogens with one attached hydrogen (secondary N) is 1. The van der Waals surface area contributed by atoms with Crippen molar-refractivity contribution in [3.05, 3.63) is 59.5 Å². The summed E-state index contributed by atoms with van der Waals surface area (Å²) in [5.74, 6) is 0.586. The molecule has 2 aromatic carbocycles. The maximum atomic E-state index is 12.1. The molecule has 0 fully saturated rings. The molecule has 1 amide bonds.